The molecular formula is C14H23N3O. The maximum absolute atomic E-state index is 12.4. The lowest BCUT2D eigenvalue weighted by Crippen LogP contribution is -2.52. The van der Waals surface area contributed by atoms with E-state index in [-0.39, 0.29) is 12.0 Å². The van der Waals surface area contributed by atoms with Crippen molar-refractivity contribution in [3.8, 4) is 6.07 Å². The standard InChI is InChI=1S/C14H23N3O/c1-11-4-3-5-13(11)14(18)17-8-6-16(7-9-17)12(2)10-15/h11-13H,3-9H2,1-2H3. The van der Waals surface area contributed by atoms with Gasteiger partial charge in [0.1, 0.15) is 0 Å². The Balaban J connectivity index is 1.86. The van der Waals surface area contributed by atoms with Crippen LogP contribution >= 0.6 is 0 Å². The Hall–Kier alpha value is -1.08. The topological polar surface area (TPSA) is 47.3 Å². The van der Waals surface area contributed by atoms with Gasteiger partial charge in [0.2, 0.25) is 5.91 Å². The van der Waals surface area contributed by atoms with Crippen LogP contribution in [0.5, 0.6) is 0 Å². The SMILES string of the molecule is CC1CCCC1C(=O)N1CCN(C(C)C#N)CC1. The summed E-state index contributed by atoms with van der Waals surface area (Å²) in [5, 5.41) is 8.90. The van der Waals surface area contributed by atoms with Gasteiger partial charge in [0, 0.05) is 32.1 Å². The smallest absolute Gasteiger partial charge is 0.226 e. The number of piperazine rings is 1. The van der Waals surface area contributed by atoms with Gasteiger partial charge in [0.05, 0.1) is 12.1 Å². The van der Waals surface area contributed by atoms with Gasteiger partial charge >= 0.3 is 0 Å². The highest BCUT2D eigenvalue weighted by Gasteiger charge is 2.34. The van der Waals surface area contributed by atoms with Gasteiger partial charge in [-0.3, -0.25) is 9.69 Å². The molecule has 0 aromatic carbocycles. The average Bonchev–Trinajstić information content (AvgIpc) is 2.83. The van der Waals surface area contributed by atoms with E-state index in [2.05, 4.69) is 17.9 Å². The van der Waals surface area contributed by atoms with Crippen LogP contribution in [0, 0.1) is 23.2 Å². The predicted octanol–water partition coefficient (Wildman–Crippen LogP) is 1.48. The highest BCUT2D eigenvalue weighted by Crippen LogP contribution is 2.32. The van der Waals surface area contributed by atoms with Crippen LogP contribution in [0.1, 0.15) is 33.1 Å². The van der Waals surface area contributed by atoms with Gasteiger partial charge in [-0.2, -0.15) is 5.26 Å². The third-order valence-electron chi connectivity index (χ3n) is 4.54. The van der Waals surface area contributed by atoms with Gasteiger partial charge < -0.3 is 4.90 Å². The second-order valence-corrected chi connectivity index (χ2v) is 5.68. The minimum absolute atomic E-state index is 0.0346. The van der Waals surface area contributed by atoms with Crippen molar-refractivity contribution in [2.24, 2.45) is 11.8 Å². The van der Waals surface area contributed by atoms with Gasteiger partial charge in [-0.25, -0.2) is 0 Å². The Morgan fingerprint density at radius 3 is 2.44 bits per heavy atom. The Kier molecular flexibility index (Phi) is 4.23. The number of carbonyl (C=O) groups excluding carboxylic acids is 1. The van der Waals surface area contributed by atoms with Crippen molar-refractivity contribution in [2.75, 3.05) is 26.2 Å². The molecule has 0 aromatic heterocycles. The largest absolute Gasteiger partial charge is 0.340 e. The zero-order chi connectivity index (χ0) is 13.1. The predicted molar refractivity (Wildman–Crippen MR) is 69.7 cm³/mol. The van der Waals surface area contributed by atoms with E-state index in [0.29, 0.717) is 11.8 Å². The quantitative estimate of drug-likeness (QED) is 0.744. The molecule has 1 saturated heterocycles. The first-order chi connectivity index (χ1) is 8.63. The molecular weight excluding hydrogens is 226 g/mol. The summed E-state index contributed by atoms with van der Waals surface area (Å²) in [6, 6.07) is 2.23. The van der Waals surface area contributed by atoms with E-state index in [4.69, 9.17) is 5.26 Å². The van der Waals surface area contributed by atoms with Gasteiger partial charge in [-0.1, -0.05) is 13.3 Å². The molecule has 18 heavy (non-hydrogen) atoms. The maximum Gasteiger partial charge on any atom is 0.226 e. The monoisotopic (exact) mass is 249 g/mol. The van der Waals surface area contributed by atoms with Crippen molar-refractivity contribution >= 4 is 5.91 Å². The Morgan fingerprint density at radius 1 is 1.28 bits per heavy atom. The first-order valence-corrected chi connectivity index (χ1v) is 7.06. The Labute approximate surface area is 110 Å². The fourth-order valence-corrected chi connectivity index (χ4v) is 3.16. The van der Waals surface area contributed by atoms with Crippen LogP contribution in [-0.4, -0.2) is 47.9 Å². The molecule has 1 aliphatic carbocycles. The van der Waals surface area contributed by atoms with Crippen LogP contribution in [0.4, 0.5) is 0 Å². The van der Waals surface area contributed by atoms with Gasteiger partial charge in [-0.15, -0.1) is 0 Å². The molecule has 100 valence electrons. The van der Waals surface area contributed by atoms with E-state index in [1.165, 1.54) is 12.8 Å². The summed E-state index contributed by atoms with van der Waals surface area (Å²) in [6.45, 7) is 7.37. The summed E-state index contributed by atoms with van der Waals surface area (Å²) in [7, 11) is 0. The molecule has 4 heteroatoms. The van der Waals surface area contributed by atoms with Gasteiger partial charge in [0.15, 0.2) is 0 Å². The summed E-state index contributed by atoms with van der Waals surface area (Å²) in [5.41, 5.74) is 0. The molecule has 2 rings (SSSR count). The zero-order valence-corrected chi connectivity index (χ0v) is 11.4. The van der Waals surface area contributed by atoms with Crippen molar-refractivity contribution < 1.29 is 4.79 Å². The minimum atomic E-state index is -0.0346. The van der Waals surface area contributed by atoms with Crippen LogP contribution in [0.15, 0.2) is 0 Å². The van der Waals surface area contributed by atoms with Crippen LogP contribution in [0.25, 0.3) is 0 Å². The van der Waals surface area contributed by atoms with Gasteiger partial charge in [0.25, 0.3) is 0 Å². The Bertz CT molecular complexity index is 341. The van der Waals surface area contributed by atoms with Crippen LogP contribution in [0.2, 0.25) is 0 Å². The number of nitrogens with zero attached hydrogens (tertiary/aromatic N) is 3. The molecule has 0 N–H and O–H groups in total. The summed E-state index contributed by atoms with van der Waals surface area (Å²) >= 11 is 0. The first-order valence-electron chi connectivity index (χ1n) is 7.06. The van der Waals surface area contributed by atoms with E-state index in [0.717, 1.165) is 32.6 Å². The first kappa shape index (κ1) is 13.4. The lowest BCUT2D eigenvalue weighted by molar-refractivity contribution is -0.138. The highest BCUT2D eigenvalue weighted by molar-refractivity contribution is 5.79. The van der Waals surface area contributed by atoms with E-state index in [9.17, 15) is 4.79 Å². The van der Waals surface area contributed by atoms with Crippen molar-refractivity contribution in [3.63, 3.8) is 0 Å². The molecule has 0 spiro atoms. The molecule has 1 aliphatic heterocycles. The molecule has 0 bridgehead atoms. The lowest BCUT2D eigenvalue weighted by atomic mass is 9.96. The Morgan fingerprint density at radius 2 is 1.94 bits per heavy atom. The molecule has 0 radical (unpaired) electrons. The third kappa shape index (κ3) is 2.67. The summed E-state index contributed by atoms with van der Waals surface area (Å²) in [6.07, 6.45) is 3.46. The van der Waals surface area contributed by atoms with Crippen LogP contribution in [0.3, 0.4) is 0 Å². The normalized spacial score (nSPS) is 31.1. The second-order valence-electron chi connectivity index (χ2n) is 5.68. The van der Waals surface area contributed by atoms with Crippen molar-refractivity contribution in [3.05, 3.63) is 0 Å². The summed E-state index contributed by atoms with van der Waals surface area (Å²) in [4.78, 5) is 16.6. The van der Waals surface area contributed by atoms with Crippen molar-refractivity contribution in [2.45, 2.75) is 39.2 Å². The third-order valence-corrected chi connectivity index (χ3v) is 4.54. The highest BCUT2D eigenvalue weighted by atomic mass is 16.2. The molecule has 0 aromatic rings. The number of carbonyl (C=O) groups is 1. The molecule has 2 aliphatic rings. The fraction of sp³-hybridized carbons (Fsp3) is 0.857. The van der Waals surface area contributed by atoms with Crippen molar-refractivity contribution in [1.29, 1.82) is 5.26 Å². The number of amides is 1. The molecule has 2 fully saturated rings. The van der Waals surface area contributed by atoms with E-state index >= 15 is 0 Å². The van der Waals surface area contributed by atoms with Gasteiger partial charge in [-0.05, 0) is 25.7 Å². The zero-order valence-electron chi connectivity index (χ0n) is 11.4. The number of rotatable bonds is 2. The number of hydrogen-bond donors (Lipinski definition) is 0. The molecule has 4 nitrogen and oxygen atoms in total. The van der Waals surface area contributed by atoms with E-state index in [1.807, 2.05) is 11.8 Å². The van der Waals surface area contributed by atoms with Crippen LogP contribution < -0.4 is 0 Å². The number of nitriles is 1. The average molecular weight is 249 g/mol. The molecule has 3 atom stereocenters. The fourth-order valence-electron chi connectivity index (χ4n) is 3.16. The molecule has 1 heterocycles. The lowest BCUT2D eigenvalue weighted by Gasteiger charge is -2.37. The minimum Gasteiger partial charge on any atom is -0.340 e. The summed E-state index contributed by atoms with van der Waals surface area (Å²) < 4.78 is 0. The second kappa shape index (κ2) is 5.71. The molecule has 3 unspecified atom stereocenters. The van der Waals surface area contributed by atoms with Crippen molar-refractivity contribution in [1.82, 2.24) is 9.80 Å². The van der Waals surface area contributed by atoms with E-state index < -0.39 is 0 Å². The van der Waals surface area contributed by atoms with Crippen LogP contribution in [-0.2, 0) is 4.79 Å². The maximum atomic E-state index is 12.4. The molecule has 1 saturated carbocycles. The van der Waals surface area contributed by atoms with E-state index in [1.54, 1.807) is 0 Å². The summed E-state index contributed by atoms with van der Waals surface area (Å²) in [5.74, 6) is 1.16. The number of hydrogen-bond acceptors (Lipinski definition) is 3. The molecule has 1 amide bonds.